The summed E-state index contributed by atoms with van der Waals surface area (Å²) in [4.78, 5) is 12.0. The molecule has 108 valence electrons. The van der Waals surface area contributed by atoms with E-state index in [9.17, 15) is 4.79 Å². The maximum absolute atomic E-state index is 12.0. The van der Waals surface area contributed by atoms with E-state index in [2.05, 4.69) is 28.4 Å². The number of rotatable bonds is 2. The van der Waals surface area contributed by atoms with Crippen LogP contribution in [-0.2, 0) is 11.2 Å². The number of carbonyl (C=O) groups is 1. The quantitative estimate of drug-likeness (QED) is 0.491. The van der Waals surface area contributed by atoms with Gasteiger partial charge in [0.05, 0.1) is 6.42 Å². The molecule has 0 aromatic heterocycles. The summed E-state index contributed by atoms with van der Waals surface area (Å²) in [7, 11) is 0. The molecular weight excluding hydrogens is 304 g/mol. The van der Waals surface area contributed by atoms with Crippen LogP contribution < -0.4 is 21.9 Å². The molecule has 0 bridgehead atoms. The fraction of sp³-hybridized carbons (Fsp3) is 0.0714. The topological polar surface area (TPSA) is 79.2 Å². The van der Waals surface area contributed by atoms with Gasteiger partial charge in [0.15, 0.2) is 10.2 Å². The zero-order chi connectivity index (χ0) is 15.2. The number of amides is 1. The van der Waals surface area contributed by atoms with Crippen molar-refractivity contribution in [1.82, 2.24) is 16.2 Å². The van der Waals surface area contributed by atoms with Crippen molar-refractivity contribution in [3.05, 3.63) is 48.0 Å². The average molecular weight is 318 g/mol. The minimum absolute atomic E-state index is 0.0423. The molecule has 7 heteroatoms. The SMILES string of the molecule is NC(=S)NNC(=S)NC(=O)Cc1cccc2ccccc12. The summed E-state index contributed by atoms with van der Waals surface area (Å²) in [5.41, 5.74) is 11.1. The van der Waals surface area contributed by atoms with Gasteiger partial charge in [0.2, 0.25) is 5.91 Å². The minimum atomic E-state index is -0.214. The molecule has 0 aliphatic heterocycles. The second-order valence-corrected chi connectivity index (χ2v) is 5.15. The molecule has 2 rings (SSSR count). The van der Waals surface area contributed by atoms with E-state index in [1.807, 2.05) is 42.5 Å². The van der Waals surface area contributed by atoms with Crippen molar-refractivity contribution in [3.63, 3.8) is 0 Å². The Morgan fingerprint density at radius 3 is 2.52 bits per heavy atom. The number of hydrogen-bond acceptors (Lipinski definition) is 3. The lowest BCUT2D eigenvalue weighted by molar-refractivity contribution is -0.119. The second-order valence-electron chi connectivity index (χ2n) is 4.31. The second kappa shape index (κ2) is 6.96. The molecule has 0 spiro atoms. The number of benzene rings is 2. The van der Waals surface area contributed by atoms with Crippen molar-refractivity contribution in [2.45, 2.75) is 6.42 Å². The van der Waals surface area contributed by atoms with E-state index in [0.717, 1.165) is 16.3 Å². The number of nitrogens with one attached hydrogen (secondary N) is 3. The monoisotopic (exact) mass is 318 g/mol. The molecule has 0 fully saturated rings. The Balaban J connectivity index is 2.02. The largest absolute Gasteiger partial charge is 0.375 e. The molecule has 0 heterocycles. The number of thiocarbonyl (C=S) groups is 2. The highest BCUT2D eigenvalue weighted by Crippen LogP contribution is 2.18. The molecule has 0 atom stereocenters. The van der Waals surface area contributed by atoms with E-state index < -0.39 is 0 Å². The molecule has 0 radical (unpaired) electrons. The molecule has 0 saturated carbocycles. The van der Waals surface area contributed by atoms with E-state index in [1.54, 1.807) is 0 Å². The lowest BCUT2D eigenvalue weighted by atomic mass is 10.0. The maximum atomic E-state index is 12.0. The Kier molecular flexibility index (Phi) is 5.02. The standard InChI is InChI=1S/C14H14N4OS2/c15-13(20)17-18-14(21)16-12(19)8-10-6-3-5-9-4-1-2-7-11(9)10/h1-7H,8H2,(H3,15,17,20)(H2,16,18,19,21). The summed E-state index contributed by atoms with van der Waals surface area (Å²) < 4.78 is 0. The molecule has 1 amide bonds. The summed E-state index contributed by atoms with van der Waals surface area (Å²) in [6.45, 7) is 0. The normalized spacial score (nSPS) is 9.90. The van der Waals surface area contributed by atoms with Crippen LogP contribution in [0.5, 0.6) is 0 Å². The van der Waals surface area contributed by atoms with Crippen LogP contribution in [0.2, 0.25) is 0 Å². The van der Waals surface area contributed by atoms with Crippen LogP contribution in [0.3, 0.4) is 0 Å². The summed E-state index contributed by atoms with van der Waals surface area (Å²) in [5, 5.41) is 4.86. The maximum Gasteiger partial charge on any atom is 0.230 e. The summed E-state index contributed by atoms with van der Waals surface area (Å²) in [6.07, 6.45) is 0.232. The van der Waals surface area contributed by atoms with Crippen LogP contribution >= 0.6 is 24.4 Å². The van der Waals surface area contributed by atoms with Crippen LogP contribution in [0, 0.1) is 0 Å². The van der Waals surface area contributed by atoms with Crippen molar-refractivity contribution in [1.29, 1.82) is 0 Å². The lowest BCUT2D eigenvalue weighted by Gasteiger charge is -2.11. The third-order valence-electron chi connectivity index (χ3n) is 2.78. The van der Waals surface area contributed by atoms with Gasteiger partial charge in [-0.3, -0.25) is 15.6 Å². The van der Waals surface area contributed by atoms with E-state index in [4.69, 9.17) is 18.0 Å². The van der Waals surface area contributed by atoms with Gasteiger partial charge in [-0.2, -0.15) is 0 Å². The first-order valence-electron chi connectivity index (χ1n) is 6.18. The van der Waals surface area contributed by atoms with Gasteiger partial charge in [0.1, 0.15) is 0 Å². The first-order chi connectivity index (χ1) is 10.1. The molecular formula is C14H14N4OS2. The molecule has 2 aromatic carbocycles. The number of nitrogens with two attached hydrogens (primary N) is 1. The Hall–Kier alpha value is -2.25. The van der Waals surface area contributed by atoms with Gasteiger partial charge in [-0.1, -0.05) is 42.5 Å². The molecule has 0 aliphatic rings. The molecule has 2 aromatic rings. The van der Waals surface area contributed by atoms with Crippen molar-refractivity contribution >= 4 is 51.3 Å². The van der Waals surface area contributed by atoms with Crippen LogP contribution in [0.4, 0.5) is 0 Å². The smallest absolute Gasteiger partial charge is 0.230 e. The van der Waals surface area contributed by atoms with Gasteiger partial charge in [-0.05, 0) is 40.8 Å². The van der Waals surface area contributed by atoms with Gasteiger partial charge in [-0.15, -0.1) is 0 Å². The predicted octanol–water partition coefficient (Wildman–Crippen LogP) is 1.12. The molecule has 0 saturated heterocycles. The van der Waals surface area contributed by atoms with Crippen molar-refractivity contribution < 1.29 is 4.79 Å². The van der Waals surface area contributed by atoms with E-state index in [1.165, 1.54) is 0 Å². The van der Waals surface area contributed by atoms with Gasteiger partial charge in [0.25, 0.3) is 0 Å². The van der Waals surface area contributed by atoms with Gasteiger partial charge in [0, 0.05) is 0 Å². The zero-order valence-corrected chi connectivity index (χ0v) is 12.7. The highest BCUT2D eigenvalue weighted by Gasteiger charge is 2.08. The Bertz CT molecular complexity index is 697. The highest BCUT2D eigenvalue weighted by molar-refractivity contribution is 7.80. The summed E-state index contributed by atoms with van der Waals surface area (Å²) >= 11 is 9.56. The molecule has 0 unspecified atom stereocenters. The fourth-order valence-corrected chi connectivity index (χ4v) is 2.16. The van der Waals surface area contributed by atoms with Crippen LogP contribution in [0.25, 0.3) is 10.8 Å². The molecule has 5 N–H and O–H groups in total. The Labute approximate surface area is 132 Å². The average Bonchev–Trinajstić information content (AvgIpc) is 2.45. The van der Waals surface area contributed by atoms with Crippen LogP contribution in [0.1, 0.15) is 5.56 Å². The van der Waals surface area contributed by atoms with Crippen LogP contribution in [-0.4, -0.2) is 16.1 Å². The number of carbonyl (C=O) groups excluding carboxylic acids is 1. The van der Waals surface area contributed by atoms with Crippen LogP contribution in [0.15, 0.2) is 42.5 Å². The van der Waals surface area contributed by atoms with Crippen molar-refractivity contribution in [2.24, 2.45) is 5.73 Å². The van der Waals surface area contributed by atoms with Gasteiger partial charge >= 0.3 is 0 Å². The third-order valence-corrected chi connectivity index (χ3v) is 3.09. The summed E-state index contributed by atoms with van der Waals surface area (Å²) in [6, 6.07) is 13.8. The number of hydrogen-bond donors (Lipinski definition) is 4. The van der Waals surface area contributed by atoms with Gasteiger partial charge in [-0.25, -0.2) is 0 Å². The lowest BCUT2D eigenvalue weighted by Crippen LogP contribution is -2.50. The van der Waals surface area contributed by atoms with Crippen molar-refractivity contribution in [3.8, 4) is 0 Å². The molecule has 5 nitrogen and oxygen atoms in total. The molecule has 21 heavy (non-hydrogen) atoms. The van der Waals surface area contributed by atoms with E-state index in [0.29, 0.717) is 0 Å². The fourth-order valence-electron chi connectivity index (χ4n) is 1.94. The predicted molar refractivity (Wildman–Crippen MR) is 91.4 cm³/mol. The first kappa shape index (κ1) is 15.1. The first-order valence-corrected chi connectivity index (χ1v) is 7.00. The zero-order valence-electron chi connectivity index (χ0n) is 11.1. The van der Waals surface area contributed by atoms with Gasteiger partial charge < -0.3 is 11.1 Å². The Morgan fingerprint density at radius 1 is 1.05 bits per heavy atom. The van der Waals surface area contributed by atoms with Crippen molar-refractivity contribution in [2.75, 3.05) is 0 Å². The summed E-state index contributed by atoms with van der Waals surface area (Å²) in [5.74, 6) is -0.214. The highest BCUT2D eigenvalue weighted by atomic mass is 32.1. The van der Waals surface area contributed by atoms with E-state index >= 15 is 0 Å². The molecule has 0 aliphatic carbocycles. The van der Waals surface area contributed by atoms with E-state index in [-0.39, 0.29) is 22.6 Å². The number of fused-ring (bicyclic) bond motifs is 1. The minimum Gasteiger partial charge on any atom is -0.375 e. The third kappa shape index (κ3) is 4.37. The number of hydrazine groups is 1. The Morgan fingerprint density at radius 2 is 1.76 bits per heavy atom.